The lowest BCUT2D eigenvalue weighted by Gasteiger charge is -2.44. The molecule has 9 atom stereocenters. The third-order valence-electron chi connectivity index (χ3n) is 15.1. The molecule has 0 bridgehead atoms. The fraction of sp³-hybridized carbons (Fsp3) is 0.754. The first-order valence-electron chi connectivity index (χ1n) is 33.0. The van der Waals surface area contributed by atoms with Crippen LogP contribution in [0.15, 0.2) is 29.4 Å². The molecule has 0 aromatic carbocycles. The summed E-state index contributed by atoms with van der Waals surface area (Å²) in [6.45, 7) is 30.5. The minimum absolute atomic E-state index is 0.0131. The van der Waals surface area contributed by atoms with Gasteiger partial charge >= 0.3 is 29.8 Å². The number of nitrogens with zero attached hydrogens (tertiary/aromatic N) is 2. The van der Waals surface area contributed by atoms with Crippen molar-refractivity contribution < 1.29 is 90.5 Å². The molecular formula is C69H109N3O19S5. The predicted molar refractivity (Wildman–Crippen MR) is 380 cm³/mol. The van der Waals surface area contributed by atoms with E-state index in [2.05, 4.69) is 28.0 Å². The lowest BCUT2D eigenvalue weighted by Crippen LogP contribution is -2.62. The van der Waals surface area contributed by atoms with Gasteiger partial charge in [-0.25, -0.2) is 11.6 Å². The van der Waals surface area contributed by atoms with E-state index in [1.54, 1.807) is 54.7 Å². The SMILES string of the molecule is C#C.[C-]#[N+]C(C)(CCC(=O)CCCOCCOCCC(=O)CCCCCCO[C@@H]1O[C@H](CC)[C@H](C)[C@H](OC(C)=O)[C@H]1NC(C)=O)CC(C)(CC(C)(CC(C)(SC(=S)SCC)C(=O)OCCOC)C(=O)OCCOCCCC(=O)OC(C)(C)C)C(=O)OCCSSc1ccccn1. The summed E-state index contributed by atoms with van der Waals surface area (Å²) in [5, 5.41) is 3.63. The van der Waals surface area contributed by atoms with Crippen LogP contribution in [0.1, 0.15) is 186 Å². The summed E-state index contributed by atoms with van der Waals surface area (Å²) in [4.78, 5) is 115. The number of aromatic nitrogens is 1. The van der Waals surface area contributed by atoms with Gasteiger partial charge in [0.15, 0.2) is 6.29 Å². The van der Waals surface area contributed by atoms with Crippen LogP contribution in [0.2, 0.25) is 0 Å². The van der Waals surface area contributed by atoms with Gasteiger partial charge in [0, 0.05) is 111 Å². The number of thioether (sulfide) groups is 2. The van der Waals surface area contributed by atoms with Crippen LogP contribution in [-0.2, 0) is 90.5 Å². The van der Waals surface area contributed by atoms with E-state index in [9.17, 15) is 38.4 Å². The third-order valence-corrected chi connectivity index (χ3v) is 20.0. The number of ketones is 2. The monoisotopic (exact) mass is 1440 g/mol. The molecule has 96 heavy (non-hydrogen) atoms. The van der Waals surface area contributed by atoms with Crippen molar-refractivity contribution >= 4 is 108 Å². The molecule has 1 N–H and O–H groups in total. The molecule has 27 heteroatoms. The zero-order valence-corrected chi connectivity index (χ0v) is 63.1. The van der Waals surface area contributed by atoms with Crippen LogP contribution in [-0.4, -0.2) is 188 Å². The van der Waals surface area contributed by atoms with E-state index < -0.39 is 69.0 Å². The van der Waals surface area contributed by atoms with Gasteiger partial charge in [0.1, 0.15) is 62.4 Å². The molecule has 1 fully saturated rings. The van der Waals surface area contributed by atoms with Crippen molar-refractivity contribution in [1.29, 1.82) is 0 Å². The highest BCUT2D eigenvalue weighted by Crippen LogP contribution is 2.50. The van der Waals surface area contributed by atoms with Crippen LogP contribution >= 0.6 is 57.3 Å². The molecule has 0 spiro atoms. The van der Waals surface area contributed by atoms with E-state index >= 15 is 0 Å². The summed E-state index contributed by atoms with van der Waals surface area (Å²) < 4.78 is 62.2. The summed E-state index contributed by atoms with van der Waals surface area (Å²) in [7, 11) is 4.34. The fourth-order valence-electron chi connectivity index (χ4n) is 10.9. The summed E-state index contributed by atoms with van der Waals surface area (Å²) >= 11 is 8.16. The van der Waals surface area contributed by atoms with Gasteiger partial charge in [0.05, 0.1) is 50.0 Å². The van der Waals surface area contributed by atoms with Crippen molar-refractivity contribution in [2.24, 2.45) is 16.7 Å². The first-order chi connectivity index (χ1) is 45.5. The second kappa shape index (κ2) is 49.2. The summed E-state index contributed by atoms with van der Waals surface area (Å²) in [6, 6.07) is 4.91. The summed E-state index contributed by atoms with van der Waals surface area (Å²) in [5.74, 6) is -2.31. The molecule has 544 valence electrons. The number of pyridine rings is 1. The van der Waals surface area contributed by atoms with Crippen LogP contribution in [0.4, 0.5) is 0 Å². The van der Waals surface area contributed by atoms with Gasteiger partial charge in [-0.3, -0.25) is 38.4 Å². The average Bonchev–Trinajstić information content (AvgIpc) is 0.780. The largest absolute Gasteiger partial charge is 0.464 e. The number of amides is 1. The number of unbranched alkanes of at least 4 members (excludes halogenated alkanes) is 3. The number of hydrogen-bond acceptors (Lipinski definition) is 25. The van der Waals surface area contributed by atoms with E-state index in [-0.39, 0.29) is 153 Å². The predicted octanol–water partition coefficient (Wildman–Crippen LogP) is 12.2. The Bertz CT molecular complexity index is 2580. The van der Waals surface area contributed by atoms with E-state index in [1.165, 1.54) is 54.3 Å². The van der Waals surface area contributed by atoms with Crippen LogP contribution in [0.3, 0.4) is 0 Å². The van der Waals surface area contributed by atoms with Crippen molar-refractivity contribution in [2.75, 3.05) is 91.3 Å². The number of nitrogens with one attached hydrogen (secondary N) is 1. The lowest BCUT2D eigenvalue weighted by molar-refractivity contribution is -0.253. The van der Waals surface area contributed by atoms with Gasteiger partial charge in [-0.05, 0) is 115 Å². The second-order valence-electron chi connectivity index (χ2n) is 25.4. The molecule has 1 aromatic heterocycles. The molecule has 4 unspecified atom stereocenters. The number of carbonyl (C=O) groups is 8. The number of rotatable bonds is 50. The maximum absolute atomic E-state index is 14.8. The van der Waals surface area contributed by atoms with Crippen LogP contribution in [0.25, 0.3) is 4.85 Å². The number of hydrogen-bond donors (Lipinski definition) is 1. The topological polar surface area (TPSA) is 267 Å². The van der Waals surface area contributed by atoms with Crippen molar-refractivity contribution in [2.45, 2.75) is 231 Å². The molecular weight excluding hydrogens is 1340 g/mol. The lowest BCUT2D eigenvalue weighted by atomic mass is 9.64. The molecule has 0 radical (unpaired) electrons. The van der Waals surface area contributed by atoms with Gasteiger partial charge in [-0.2, -0.15) is 0 Å². The van der Waals surface area contributed by atoms with Crippen molar-refractivity contribution in [1.82, 2.24) is 10.3 Å². The maximum Gasteiger partial charge on any atom is 0.322 e. The molecule has 22 nitrogen and oxygen atoms in total. The van der Waals surface area contributed by atoms with E-state index in [0.29, 0.717) is 47.3 Å². The Hall–Kier alpha value is -4.39. The van der Waals surface area contributed by atoms with Gasteiger partial charge in [0.25, 0.3) is 0 Å². The maximum atomic E-state index is 14.8. The molecule has 2 heterocycles. The number of thiocarbonyl (C=S) groups is 1. The molecule has 1 aliphatic heterocycles. The average molecular weight is 1440 g/mol. The van der Waals surface area contributed by atoms with Crippen molar-refractivity contribution in [3.8, 4) is 12.8 Å². The van der Waals surface area contributed by atoms with Gasteiger partial charge in [-0.15, -0.1) is 24.6 Å². The van der Waals surface area contributed by atoms with Crippen LogP contribution in [0, 0.1) is 36.2 Å². The first-order valence-corrected chi connectivity index (χ1v) is 37.5. The highest BCUT2D eigenvalue weighted by Gasteiger charge is 2.55. The Labute approximate surface area is 593 Å². The number of ether oxygens (including phenoxy) is 11. The van der Waals surface area contributed by atoms with Crippen molar-refractivity contribution in [3.05, 3.63) is 35.8 Å². The number of methoxy groups -OCH3 is 1. The summed E-state index contributed by atoms with van der Waals surface area (Å²) in [6.07, 6.45) is 13.2. The zero-order valence-electron chi connectivity index (χ0n) is 59.0. The second-order valence-corrected chi connectivity index (χ2v) is 31.8. The van der Waals surface area contributed by atoms with Gasteiger partial charge in [-0.1, -0.05) is 74.5 Å². The Kier molecular flexibility index (Phi) is 45.9. The fourth-order valence-corrected chi connectivity index (χ4v) is 15.8. The van der Waals surface area contributed by atoms with E-state index in [0.717, 1.165) is 42.5 Å². The smallest absolute Gasteiger partial charge is 0.322 e. The van der Waals surface area contributed by atoms with Gasteiger partial charge in [0.2, 0.25) is 11.4 Å². The zero-order chi connectivity index (χ0) is 72.2. The summed E-state index contributed by atoms with van der Waals surface area (Å²) in [5.41, 5.74) is -5.15. The number of esters is 5. The third kappa shape index (κ3) is 37.7. The standard InChI is InChI=1S/C67H107N3O19S5.C2H2/c1-15-53-48(3)57(87-50(5)72)56(70-49(4)71)58(88-53)83-35-22-18-17-19-25-52(74)30-36-82-39-38-80-33-23-26-51(73)29-31-66(11,68-13)46-64(9,59(76)86-43-44-92-94-54-27-20-21-32-69-54)45-65(10,47-67(12,93-62(90)91-16-2)61(78)85-41-37-79-14)60(77)84-42-40-81-34-24-28-55(75)89-63(6,7)8;1-2/h20-21,27,32,48,53,56-58H,15-19,22-26,28-31,33-47H2,1-12,14H3,(H,70,71);1-2H/t48-,53+,56+,57-,58+,64?,65?,66?,67?;/m0./s1. The first kappa shape index (κ1) is 89.6. The molecule has 1 amide bonds. The van der Waals surface area contributed by atoms with Crippen LogP contribution in [0.5, 0.6) is 0 Å². The number of Topliss-reactive ketones (excluding diaryl/α,β-unsaturated/α-hetero) is 2. The molecule has 1 aliphatic rings. The highest BCUT2D eigenvalue weighted by atomic mass is 33.1. The molecule has 0 aliphatic carbocycles. The molecule has 1 aromatic rings. The minimum atomic E-state index is -1.64. The Morgan fingerprint density at radius 3 is 1.90 bits per heavy atom. The normalized spacial score (nSPS) is 18.6. The van der Waals surface area contributed by atoms with Crippen LogP contribution < -0.4 is 5.32 Å². The molecule has 2 rings (SSSR count). The Morgan fingerprint density at radius 1 is 0.698 bits per heavy atom. The molecule has 0 saturated carbocycles. The van der Waals surface area contributed by atoms with E-state index in [1.807, 2.05) is 39.0 Å². The number of terminal acetylenes is 1. The molecule has 1 saturated heterocycles. The highest BCUT2D eigenvalue weighted by molar-refractivity contribution is 8.76. The minimum Gasteiger partial charge on any atom is -0.464 e. The quantitative estimate of drug-likeness (QED) is 0.0121. The van der Waals surface area contributed by atoms with Gasteiger partial charge < -0.3 is 62.3 Å². The van der Waals surface area contributed by atoms with E-state index in [4.69, 9.17) is 70.9 Å². The Balaban J connectivity index is 0.0000228. The van der Waals surface area contributed by atoms with Crippen molar-refractivity contribution in [3.63, 3.8) is 0 Å². The Morgan fingerprint density at radius 2 is 1.29 bits per heavy atom. The number of carbonyl (C=O) groups excluding carboxylic acids is 8.